The van der Waals surface area contributed by atoms with Gasteiger partial charge in [-0.1, -0.05) is 0 Å². The third kappa shape index (κ3) is 8.83. The molecule has 2 radical (unpaired) electrons. The smallest absolute Gasteiger partial charge is 0 e. The molecule has 0 unspecified atom stereocenters. The minimum atomic E-state index is 0. The summed E-state index contributed by atoms with van der Waals surface area (Å²) in [6.45, 7) is 0. The van der Waals surface area contributed by atoms with Gasteiger partial charge in [-0.25, -0.2) is 0 Å². The van der Waals surface area contributed by atoms with E-state index in [0.717, 1.165) is 0 Å². The van der Waals surface area contributed by atoms with Crippen LogP contribution in [0.25, 0.3) is 0 Å². The van der Waals surface area contributed by atoms with Gasteiger partial charge in [0.25, 0.3) is 0 Å². The van der Waals surface area contributed by atoms with Crippen LogP contribution in [-0.2, 0) is 76.7 Å². The van der Waals surface area contributed by atoms with Crippen LogP contribution in [0.3, 0.4) is 0 Å². The molecule has 0 atom stereocenters. The third-order valence-electron chi connectivity index (χ3n) is 0. The molecule has 0 saturated heterocycles. The SMILES string of the molecule is [Au].[Co].[Fe].[Pd]. The van der Waals surface area contributed by atoms with Crippen molar-refractivity contribution in [2.75, 3.05) is 0 Å². The molecule has 0 bridgehead atoms. The zero-order chi connectivity index (χ0) is 0. The molecule has 0 spiro atoms. The van der Waals surface area contributed by atoms with Gasteiger partial charge in [-0.2, -0.15) is 0 Å². The van der Waals surface area contributed by atoms with E-state index in [4.69, 9.17) is 0 Å². The Balaban J connectivity index is 0. The summed E-state index contributed by atoms with van der Waals surface area (Å²) in [5.41, 5.74) is 0. The summed E-state index contributed by atoms with van der Waals surface area (Å²) in [5, 5.41) is 0. The molecular weight excluding hydrogens is 418 g/mol. The zero-order valence-electron chi connectivity index (χ0n) is 1.30. The van der Waals surface area contributed by atoms with E-state index in [-0.39, 0.29) is 76.7 Å². The molecular formula is AuCoFePd. The molecule has 0 aromatic heterocycles. The Labute approximate surface area is 75.7 Å². The second-order valence-electron chi connectivity index (χ2n) is 0. The number of rotatable bonds is 0. The fourth-order valence-corrected chi connectivity index (χ4v) is 0. The van der Waals surface area contributed by atoms with Crippen molar-refractivity contribution in [3.63, 3.8) is 0 Å². The standard InChI is InChI=1S/Au.Co.Fe.Pd. The van der Waals surface area contributed by atoms with Crippen molar-refractivity contribution in [3.05, 3.63) is 0 Å². The topological polar surface area (TPSA) is 0 Å². The largest absolute Gasteiger partial charge is 0 e. The molecule has 0 aliphatic rings. The monoisotopic (exact) mass is 418 g/mol. The van der Waals surface area contributed by atoms with Crippen LogP contribution in [0.5, 0.6) is 0 Å². The van der Waals surface area contributed by atoms with Crippen LogP contribution in [0.1, 0.15) is 0 Å². The number of hydrogen-bond donors (Lipinski definition) is 0. The average molecular weight is 418 g/mol. The fraction of sp³-hybridized carbons (Fsp3) is 0. The van der Waals surface area contributed by atoms with Gasteiger partial charge in [0.15, 0.2) is 0 Å². The van der Waals surface area contributed by atoms with E-state index in [1.54, 1.807) is 0 Å². The van der Waals surface area contributed by atoms with Gasteiger partial charge in [0.1, 0.15) is 0 Å². The van der Waals surface area contributed by atoms with Gasteiger partial charge in [-0.05, 0) is 0 Å². The van der Waals surface area contributed by atoms with E-state index >= 15 is 0 Å². The van der Waals surface area contributed by atoms with Gasteiger partial charge in [-0.3, -0.25) is 0 Å². The Kier molecular flexibility index (Phi) is 145. The van der Waals surface area contributed by atoms with Crippen molar-refractivity contribution >= 4 is 0 Å². The summed E-state index contributed by atoms with van der Waals surface area (Å²) in [6, 6.07) is 0. The van der Waals surface area contributed by atoms with Gasteiger partial charge < -0.3 is 0 Å². The van der Waals surface area contributed by atoms with E-state index < -0.39 is 0 Å². The molecule has 0 nitrogen and oxygen atoms in total. The summed E-state index contributed by atoms with van der Waals surface area (Å²) in [5.74, 6) is 0. The van der Waals surface area contributed by atoms with Crippen molar-refractivity contribution in [1.82, 2.24) is 0 Å². The number of hydrogen-bond acceptors (Lipinski definition) is 0. The van der Waals surface area contributed by atoms with Crippen molar-refractivity contribution in [3.8, 4) is 0 Å². The first-order valence-electron chi connectivity index (χ1n) is 0. The van der Waals surface area contributed by atoms with Gasteiger partial charge >= 0.3 is 0 Å². The molecule has 0 heterocycles. The van der Waals surface area contributed by atoms with Crippen molar-refractivity contribution in [1.29, 1.82) is 0 Å². The molecule has 38 valence electrons. The maximum Gasteiger partial charge on any atom is 0 e. The molecule has 0 aromatic rings. The molecule has 4 heavy (non-hydrogen) atoms. The van der Waals surface area contributed by atoms with Gasteiger partial charge in [0, 0.05) is 76.7 Å². The van der Waals surface area contributed by atoms with E-state index in [1.807, 2.05) is 0 Å². The van der Waals surface area contributed by atoms with Gasteiger partial charge in [0.2, 0.25) is 0 Å². The van der Waals surface area contributed by atoms with Crippen molar-refractivity contribution in [2.24, 2.45) is 0 Å². The van der Waals surface area contributed by atoms with Crippen LogP contribution in [0.4, 0.5) is 0 Å². The quantitative estimate of drug-likeness (QED) is 0.486. The molecule has 0 saturated carbocycles. The van der Waals surface area contributed by atoms with Crippen LogP contribution < -0.4 is 0 Å². The summed E-state index contributed by atoms with van der Waals surface area (Å²) in [6.07, 6.45) is 0. The van der Waals surface area contributed by atoms with Crippen LogP contribution in [0.2, 0.25) is 0 Å². The normalized spacial score (nSPS) is 0. The summed E-state index contributed by atoms with van der Waals surface area (Å²) < 4.78 is 0. The van der Waals surface area contributed by atoms with Crippen molar-refractivity contribution in [2.45, 2.75) is 0 Å². The Morgan fingerprint density at radius 3 is 1.00 bits per heavy atom. The maximum absolute atomic E-state index is 0. The Morgan fingerprint density at radius 2 is 1.00 bits per heavy atom. The van der Waals surface area contributed by atoms with E-state index in [9.17, 15) is 0 Å². The molecule has 0 aliphatic carbocycles. The predicted molar refractivity (Wildman–Crippen MR) is 0 cm³/mol. The predicted octanol–water partition coefficient (Wildman–Crippen LogP) is -0.0100. The first-order valence-corrected chi connectivity index (χ1v) is 0. The molecule has 0 rings (SSSR count). The average Bonchev–Trinajstić information content (AvgIpc) is 0. The first-order chi connectivity index (χ1) is 0. The summed E-state index contributed by atoms with van der Waals surface area (Å²) in [7, 11) is 0. The van der Waals surface area contributed by atoms with E-state index in [2.05, 4.69) is 0 Å². The van der Waals surface area contributed by atoms with E-state index in [1.165, 1.54) is 0 Å². The first kappa shape index (κ1) is 32.1. The maximum atomic E-state index is 0. The third-order valence-corrected chi connectivity index (χ3v) is 0. The summed E-state index contributed by atoms with van der Waals surface area (Å²) in [4.78, 5) is 0. The van der Waals surface area contributed by atoms with Crippen LogP contribution in [0.15, 0.2) is 0 Å². The van der Waals surface area contributed by atoms with Crippen LogP contribution in [-0.4, -0.2) is 0 Å². The second-order valence-corrected chi connectivity index (χ2v) is 0. The minimum absolute atomic E-state index is 0. The second kappa shape index (κ2) is 18.1. The summed E-state index contributed by atoms with van der Waals surface area (Å²) >= 11 is 0. The van der Waals surface area contributed by atoms with Gasteiger partial charge in [-0.15, -0.1) is 0 Å². The molecule has 0 aromatic carbocycles. The molecule has 0 fully saturated rings. The Morgan fingerprint density at radius 1 is 1.00 bits per heavy atom. The zero-order valence-corrected chi connectivity index (χ0v) is 7.17. The van der Waals surface area contributed by atoms with Crippen LogP contribution in [0, 0.1) is 0 Å². The van der Waals surface area contributed by atoms with Crippen LogP contribution >= 0.6 is 0 Å². The molecule has 4 heteroatoms. The molecule has 0 aliphatic heterocycles. The fourth-order valence-electron chi connectivity index (χ4n) is 0. The molecule has 0 amide bonds. The molecule has 0 N–H and O–H groups in total. The Hall–Kier alpha value is 2.43. The minimum Gasteiger partial charge on any atom is 0 e. The van der Waals surface area contributed by atoms with Gasteiger partial charge in [0.05, 0.1) is 0 Å². The van der Waals surface area contributed by atoms with Crippen molar-refractivity contribution < 1.29 is 76.7 Å². The van der Waals surface area contributed by atoms with E-state index in [0.29, 0.717) is 0 Å². The Bertz CT molecular complexity index is 8.00.